The molecule has 1 aromatic carbocycles. The molecule has 17 heavy (non-hydrogen) atoms. The molecule has 0 aliphatic carbocycles. The highest BCUT2D eigenvalue weighted by molar-refractivity contribution is 5.89. The Morgan fingerprint density at radius 1 is 1.29 bits per heavy atom. The van der Waals surface area contributed by atoms with Gasteiger partial charge in [-0.1, -0.05) is 12.1 Å². The molecule has 0 unspecified atom stereocenters. The molecule has 0 aliphatic heterocycles. The third kappa shape index (κ3) is 3.23. The molecule has 86 valence electrons. The minimum Gasteiger partial charge on any atom is -0.326 e. The average Bonchev–Trinajstić information content (AvgIpc) is 2.80. The van der Waals surface area contributed by atoms with Gasteiger partial charge in [-0.2, -0.15) is 5.10 Å². The molecule has 0 aliphatic rings. The summed E-state index contributed by atoms with van der Waals surface area (Å²) in [5.41, 5.74) is 1.69. The molecule has 0 radical (unpaired) electrons. The Hall–Kier alpha value is -2.50. The Balaban J connectivity index is 2.05. The first-order valence-electron chi connectivity index (χ1n) is 5.01. The number of hydrogen-bond acceptors (Lipinski definition) is 4. The number of aromatic nitrogens is 3. The molecular weight excluding hydrogens is 218 g/mol. The van der Waals surface area contributed by atoms with Crippen LogP contribution >= 0.6 is 0 Å². The van der Waals surface area contributed by atoms with Gasteiger partial charge < -0.3 is 5.32 Å². The molecule has 1 amide bonds. The maximum absolute atomic E-state index is 10.8. The fourth-order valence-corrected chi connectivity index (χ4v) is 1.24. The van der Waals surface area contributed by atoms with Crippen molar-refractivity contribution in [3.63, 3.8) is 0 Å². The summed E-state index contributed by atoms with van der Waals surface area (Å²) in [6.45, 7) is 1.47. The van der Waals surface area contributed by atoms with Crippen LogP contribution in [0, 0.1) is 0 Å². The average molecular weight is 229 g/mol. The third-order valence-corrected chi connectivity index (χ3v) is 1.98. The molecule has 0 spiro atoms. The second-order valence-corrected chi connectivity index (χ2v) is 3.39. The minimum absolute atomic E-state index is 0.0871. The molecule has 0 bridgehead atoms. The molecule has 0 fully saturated rings. The van der Waals surface area contributed by atoms with Crippen LogP contribution < -0.4 is 5.32 Å². The van der Waals surface area contributed by atoms with Crippen molar-refractivity contribution >= 4 is 17.8 Å². The number of nitrogens with one attached hydrogen (secondary N) is 1. The topological polar surface area (TPSA) is 72.2 Å². The molecule has 0 saturated heterocycles. The van der Waals surface area contributed by atoms with E-state index in [0.717, 1.165) is 11.3 Å². The molecule has 1 aromatic heterocycles. The highest BCUT2D eigenvalue weighted by Crippen LogP contribution is 2.07. The zero-order chi connectivity index (χ0) is 12.1. The molecule has 0 atom stereocenters. The Morgan fingerprint density at radius 3 is 2.53 bits per heavy atom. The normalized spacial score (nSPS) is 10.6. The zero-order valence-electron chi connectivity index (χ0n) is 9.24. The van der Waals surface area contributed by atoms with Crippen LogP contribution in [0.1, 0.15) is 12.5 Å². The van der Waals surface area contributed by atoms with Gasteiger partial charge in [0.05, 0.1) is 6.21 Å². The summed E-state index contributed by atoms with van der Waals surface area (Å²) in [7, 11) is 0. The van der Waals surface area contributed by atoms with Crippen LogP contribution in [0.15, 0.2) is 42.0 Å². The van der Waals surface area contributed by atoms with Gasteiger partial charge in [-0.05, 0) is 17.7 Å². The van der Waals surface area contributed by atoms with E-state index < -0.39 is 0 Å². The van der Waals surface area contributed by atoms with Gasteiger partial charge in [-0.3, -0.25) is 4.79 Å². The zero-order valence-corrected chi connectivity index (χ0v) is 9.24. The Kier molecular flexibility index (Phi) is 3.25. The first-order chi connectivity index (χ1) is 8.24. The summed E-state index contributed by atoms with van der Waals surface area (Å²) in [6, 6.07) is 7.35. The summed E-state index contributed by atoms with van der Waals surface area (Å²) >= 11 is 0. The van der Waals surface area contributed by atoms with Crippen LogP contribution in [0.4, 0.5) is 5.69 Å². The van der Waals surface area contributed by atoms with Crippen LogP contribution in [-0.2, 0) is 4.79 Å². The standard InChI is InChI=1S/C11H11N5O/c1-9(17)15-11-4-2-10(3-5-11)6-14-16-7-12-13-8-16/h2-8H,1H3,(H,15,17). The molecule has 2 rings (SSSR count). The van der Waals surface area contributed by atoms with E-state index in [-0.39, 0.29) is 5.91 Å². The van der Waals surface area contributed by atoms with Gasteiger partial charge in [0.2, 0.25) is 5.91 Å². The maximum atomic E-state index is 10.8. The van der Waals surface area contributed by atoms with Crippen molar-refractivity contribution in [2.24, 2.45) is 5.10 Å². The maximum Gasteiger partial charge on any atom is 0.221 e. The lowest BCUT2D eigenvalue weighted by molar-refractivity contribution is -0.114. The van der Waals surface area contributed by atoms with Gasteiger partial charge in [0.1, 0.15) is 12.7 Å². The van der Waals surface area contributed by atoms with E-state index >= 15 is 0 Å². The van der Waals surface area contributed by atoms with Crippen molar-refractivity contribution in [3.8, 4) is 0 Å². The van der Waals surface area contributed by atoms with Crippen molar-refractivity contribution in [1.29, 1.82) is 0 Å². The number of carbonyl (C=O) groups is 1. The molecular formula is C11H11N5O. The molecule has 1 heterocycles. The van der Waals surface area contributed by atoms with E-state index in [1.807, 2.05) is 24.3 Å². The number of anilines is 1. The molecule has 2 aromatic rings. The van der Waals surface area contributed by atoms with Gasteiger partial charge in [0, 0.05) is 12.6 Å². The number of amides is 1. The number of nitrogens with zero attached hydrogens (tertiary/aromatic N) is 4. The smallest absolute Gasteiger partial charge is 0.221 e. The summed E-state index contributed by atoms with van der Waals surface area (Å²) in [5, 5.41) is 14.1. The lowest BCUT2D eigenvalue weighted by Crippen LogP contribution is -2.05. The van der Waals surface area contributed by atoms with Gasteiger partial charge >= 0.3 is 0 Å². The van der Waals surface area contributed by atoms with E-state index in [0.29, 0.717) is 0 Å². The monoisotopic (exact) mass is 229 g/mol. The van der Waals surface area contributed by atoms with Gasteiger partial charge in [0.15, 0.2) is 0 Å². The Morgan fingerprint density at radius 2 is 1.94 bits per heavy atom. The van der Waals surface area contributed by atoms with E-state index in [1.165, 1.54) is 24.3 Å². The van der Waals surface area contributed by atoms with E-state index in [1.54, 1.807) is 6.21 Å². The summed E-state index contributed by atoms with van der Waals surface area (Å²) in [5.74, 6) is -0.0871. The highest BCUT2D eigenvalue weighted by Gasteiger charge is 1.94. The second kappa shape index (κ2) is 5.02. The fraction of sp³-hybridized carbons (Fsp3) is 0.0909. The fourth-order valence-electron chi connectivity index (χ4n) is 1.24. The second-order valence-electron chi connectivity index (χ2n) is 3.39. The molecule has 0 saturated carbocycles. The largest absolute Gasteiger partial charge is 0.326 e. The SMILES string of the molecule is CC(=O)Nc1ccc(C=Nn2cnnc2)cc1. The third-order valence-electron chi connectivity index (χ3n) is 1.98. The molecule has 6 nitrogen and oxygen atoms in total. The predicted molar refractivity (Wildman–Crippen MR) is 63.8 cm³/mol. The Labute approximate surface area is 98.0 Å². The van der Waals surface area contributed by atoms with Crippen LogP contribution in [0.5, 0.6) is 0 Å². The number of benzene rings is 1. The first kappa shape index (κ1) is 11.0. The van der Waals surface area contributed by atoms with Crippen LogP contribution in [0.2, 0.25) is 0 Å². The number of rotatable bonds is 3. The Bertz CT molecular complexity index is 515. The van der Waals surface area contributed by atoms with Crippen molar-refractivity contribution in [2.75, 3.05) is 5.32 Å². The first-order valence-corrected chi connectivity index (χ1v) is 5.01. The summed E-state index contributed by atoms with van der Waals surface area (Å²) in [6.07, 6.45) is 4.69. The number of carbonyl (C=O) groups excluding carboxylic acids is 1. The van der Waals surface area contributed by atoms with E-state index in [2.05, 4.69) is 20.6 Å². The number of hydrogen-bond donors (Lipinski definition) is 1. The summed E-state index contributed by atoms with van der Waals surface area (Å²) in [4.78, 5) is 10.8. The van der Waals surface area contributed by atoms with Crippen molar-refractivity contribution in [2.45, 2.75) is 6.92 Å². The van der Waals surface area contributed by atoms with Crippen LogP contribution in [0.25, 0.3) is 0 Å². The lowest BCUT2D eigenvalue weighted by Gasteiger charge is -2.01. The predicted octanol–water partition coefficient (Wildman–Crippen LogP) is 1.12. The van der Waals surface area contributed by atoms with E-state index in [4.69, 9.17) is 0 Å². The minimum atomic E-state index is -0.0871. The van der Waals surface area contributed by atoms with Gasteiger partial charge in [-0.25, -0.2) is 4.68 Å². The van der Waals surface area contributed by atoms with Crippen LogP contribution in [-0.4, -0.2) is 27.0 Å². The highest BCUT2D eigenvalue weighted by atomic mass is 16.1. The molecule has 6 heteroatoms. The van der Waals surface area contributed by atoms with Gasteiger partial charge in [0.25, 0.3) is 0 Å². The quantitative estimate of drug-likeness (QED) is 0.801. The van der Waals surface area contributed by atoms with E-state index in [9.17, 15) is 4.79 Å². The summed E-state index contributed by atoms with van der Waals surface area (Å²) < 4.78 is 1.50. The van der Waals surface area contributed by atoms with Crippen LogP contribution in [0.3, 0.4) is 0 Å². The van der Waals surface area contributed by atoms with Crippen molar-refractivity contribution in [1.82, 2.24) is 14.9 Å². The lowest BCUT2D eigenvalue weighted by atomic mass is 10.2. The molecule has 1 N–H and O–H groups in total. The van der Waals surface area contributed by atoms with Gasteiger partial charge in [-0.15, -0.1) is 10.2 Å². The van der Waals surface area contributed by atoms with Crippen molar-refractivity contribution in [3.05, 3.63) is 42.5 Å². The van der Waals surface area contributed by atoms with Crippen molar-refractivity contribution < 1.29 is 4.79 Å².